The van der Waals surface area contributed by atoms with Crippen LogP contribution in [0.4, 0.5) is 26.3 Å². The van der Waals surface area contributed by atoms with Crippen molar-refractivity contribution in [1.82, 2.24) is 9.80 Å². The van der Waals surface area contributed by atoms with E-state index in [2.05, 4.69) is 6.92 Å². The number of hydrogen-bond acceptors (Lipinski definition) is 2. The van der Waals surface area contributed by atoms with Crippen molar-refractivity contribution in [1.29, 1.82) is 0 Å². The largest absolute Gasteiger partial charge is 0.416 e. The molecule has 172 valence electrons. The Bertz CT molecular complexity index is 796. The molecule has 1 atom stereocenters. The number of carbonyl (C=O) groups is 2. The zero-order valence-electron chi connectivity index (χ0n) is 17.0. The highest BCUT2D eigenvalue weighted by atomic mass is 19.4. The van der Waals surface area contributed by atoms with Crippen LogP contribution in [0.25, 0.3) is 0 Å². The fourth-order valence-corrected chi connectivity index (χ4v) is 4.11. The summed E-state index contributed by atoms with van der Waals surface area (Å²) in [5.41, 5.74) is -3.74. The molecule has 4 nitrogen and oxygen atoms in total. The van der Waals surface area contributed by atoms with Crippen molar-refractivity contribution in [2.45, 2.75) is 45.0 Å². The summed E-state index contributed by atoms with van der Waals surface area (Å²) >= 11 is 0. The smallest absolute Gasteiger partial charge is 0.342 e. The first-order valence-electron chi connectivity index (χ1n) is 10.2. The minimum Gasteiger partial charge on any atom is -0.342 e. The third-order valence-corrected chi connectivity index (χ3v) is 5.99. The van der Waals surface area contributed by atoms with E-state index in [1.165, 1.54) is 4.90 Å². The van der Waals surface area contributed by atoms with E-state index in [-0.39, 0.29) is 25.1 Å². The van der Waals surface area contributed by atoms with Crippen LogP contribution < -0.4 is 0 Å². The summed E-state index contributed by atoms with van der Waals surface area (Å²) in [6.45, 7) is 3.51. The number of alkyl halides is 6. The van der Waals surface area contributed by atoms with E-state index < -0.39 is 40.9 Å². The van der Waals surface area contributed by atoms with Crippen molar-refractivity contribution in [3.05, 3.63) is 34.9 Å². The van der Waals surface area contributed by atoms with Gasteiger partial charge in [0.05, 0.1) is 17.0 Å². The second-order valence-corrected chi connectivity index (χ2v) is 8.39. The van der Waals surface area contributed by atoms with Gasteiger partial charge in [0.2, 0.25) is 5.91 Å². The molecule has 3 rings (SSSR count). The Morgan fingerprint density at radius 2 is 1.39 bits per heavy atom. The Hall–Kier alpha value is -2.26. The molecule has 0 bridgehead atoms. The van der Waals surface area contributed by atoms with E-state index in [9.17, 15) is 35.9 Å². The van der Waals surface area contributed by atoms with Gasteiger partial charge in [0, 0.05) is 31.7 Å². The molecule has 2 aliphatic heterocycles. The first-order valence-corrected chi connectivity index (χ1v) is 10.2. The predicted octanol–water partition coefficient (Wildman–Crippen LogP) is 4.83. The van der Waals surface area contributed by atoms with Crippen LogP contribution in [0.5, 0.6) is 0 Å². The summed E-state index contributed by atoms with van der Waals surface area (Å²) in [6.07, 6.45) is -7.30. The summed E-state index contributed by atoms with van der Waals surface area (Å²) in [7, 11) is 0. The Labute approximate surface area is 176 Å². The highest BCUT2D eigenvalue weighted by Crippen LogP contribution is 2.37. The number of likely N-dealkylation sites (tertiary alicyclic amines) is 2. The number of piperidine rings is 2. The maximum atomic E-state index is 13.1. The van der Waals surface area contributed by atoms with Crippen LogP contribution in [0.3, 0.4) is 0 Å². The molecule has 2 heterocycles. The average Bonchev–Trinajstić information content (AvgIpc) is 2.71. The standard InChI is InChI=1S/C21H24F6N2O2/c1-13-4-7-28(8-5-13)18(30)14-3-2-6-29(12-14)19(31)15-9-16(20(22,23)24)11-17(10-15)21(25,26)27/h9-11,13-14H,2-8,12H2,1H3. The van der Waals surface area contributed by atoms with Crippen molar-refractivity contribution in [3.63, 3.8) is 0 Å². The number of halogens is 6. The first kappa shape index (κ1) is 23.4. The van der Waals surface area contributed by atoms with Crippen LogP contribution >= 0.6 is 0 Å². The topological polar surface area (TPSA) is 40.6 Å². The number of hydrogen-bond donors (Lipinski definition) is 0. The third-order valence-electron chi connectivity index (χ3n) is 5.99. The van der Waals surface area contributed by atoms with Crippen molar-refractivity contribution in [2.24, 2.45) is 11.8 Å². The normalized spacial score (nSPS) is 21.3. The molecule has 0 aliphatic carbocycles. The Kier molecular flexibility index (Phi) is 6.57. The van der Waals surface area contributed by atoms with Gasteiger partial charge in [0.15, 0.2) is 0 Å². The van der Waals surface area contributed by atoms with E-state index in [0.29, 0.717) is 44.0 Å². The van der Waals surface area contributed by atoms with Crippen LogP contribution in [0.1, 0.15) is 54.1 Å². The molecule has 2 fully saturated rings. The van der Waals surface area contributed by atoms with Crippen LogP contribution in [0.2, 0.25) is 0 Å². The van der Waals surface area contributed by atoms with Crippen molar-refractivity contribution in [2.75, 3.05) is 26.2 Å². The van der Waals surface area contributed by atoms with Crippen LogP contribution in [0.15, 0.2) is 18.2 Å². The molecule has 2 amide bonds. The lowest BCUT2D eigenvalue weighted by molar-refractivity contribution is -0.143. The SMILES string of the molecule is CC1CCN(C(=O)C2CCCN(C(=O)c3cc(C(F)(F)F)cc(C(F)(F)F)c3)C2)CC1. The molecule has 2 aliphatic rings. The molecule has 0 spiro atoms. The summed E-state index contributed by atoms with van der Waals surface area (Å²) in [5, 5.41) is 0. The van der Waals surface area contributed by atoms with Crippen molar-refractivity contribution >= 4 is 11.8 Å². The summed E-state index contributed by atoms with van der Waals surface area (Å²) in [5.74, 6) is -1.01. The number of carbonyl (C=O) groups excluding carboxylic acids is 2. The molecule has 1 aromatic carbocycles. The third kappa shape index (κ3) is 5.51. The second-order valence-electron chi connectivity index (χ2n) is 8.39. The maximum absolute atomic E-state index is 13.1. The molecule has 0 aromatic heterocycles. The predicted molar refractivity (Wildman–Crippen MR) is 100 cm³/mol. The van der Waals surface area contributed by atoms with Crippen molar-refractivity contribution in [3.8, 4) is 0 Å². The van der Waals surface area contributed by atoms with Gasteiger partial charge in [-0.15, -0.1) is 0 Å². The van der Waals surface area contributed by atoms with Gasteiger partial charge in [0.25, 0.3) is 5.91 Å². The number of benzene rings is 1. The average molecular weight is 450 g/mol. The molecular formula is C21H24F6N2O2. The lowest BCUT2D eigenvalue weighted by atomic mass is 9.93. The number of nitrogens with zero attached hydrogens (tertiary/aromatic N) is 2. The first-order chi connectivity index (χ1) is 14.4. The van der Waals surface area contributed by atoms with Gasteiger partial charge in [-0.3, -0.25) is 9.59 Å². The van der Waals surface area contributed by atoms with Gasteiger partial charge in [0.1, 0.15) is 0 Å². The molecular weight excluding hydrogens is 426 g/mol. The van der Waals surface area contributed by atoms with Crippen LogP contribution in [-0.2, 0) is 17.1 Å². The molecule has 1 aromatic rings. The van der Waals surface area contributed by atoms with E-state index >= 15 is 0 Å². The van der Waals surface area contributed by atoms with E-state index in [1.54, 1.807) is 4.90 Å². The Morgan fingerprint density at radius 1 is 0.839 bits per heavy atom. The van der Waals surface area contributed by atoms with Crippen LogP contribution in [0, 0.1) is 11.8 Å². The van der Waals surface area contributed by atoms with Gasteiger partial charge < -0.3 is 9.80 Å². The zero-order valence-corrected chi connectivity index (χ0v) is 17.0. The monoisotopic (exact) mass is 450 g/mol. The molecule has 31 heavy (non-hydrogen) atoms. The summed E-state index contributed by atoms with van der Waals surface area (Å²) in [4.78, 5) is 28.6. The lowest BCUT2D eigenvalue weighted by Gasteiger charge is -2.37. The van der Waals surface area contributed by atoms with Gasteiger partial charge in [-0.25, -0.2) is 0 Å². The Morgan fingerprint density at radius 3 is 1.90 bits per heavy atom. The summed E-state index contributed by atoms with van der Waals surface area (Å²) < 4.78 is 78.6. The Balaban J connectivity index is 1.79. The highest BCUT2D eigenvalue weighted by Gasteiger charge is 2.39. The van der Waals surface area contributed by atoms with Gasteiger partial charge >= 0.3 is 12.4 Å². The minimum atomic E-state index is -5.03. The molecule has 1 unspecified atom stereocenters. The number of rotatable bonds is 2. The molecule has 0 radical (unpaired) electrons. The minimum absolute atomic E-state index is 0.00331. The molecule has 0 N–H and O–H groups in total. The van der Waals surface area contributed by atoms with Crippen LogP contribution in [-0.4, -0.2) is 47.8 Å². The quantitative estimate of drug-likeness (QED) is 0.606. The zero-order chi connectivity index (χ0) is 23.0. The van der Waals surface area contributed by atoms with E-state index in [0.717, 1.165) is 12.8 Å². The van der Waals surface area contributed by atoms with Crippen molar-refractivity contribution < 1.29 is 35.9 Å². The molecule has 10 heteroatoms. The fraction of sp³-hybridized carbons (Fsp3) is 0.619. The molecule has 0 saturated carbocycles. The van der Waals surface area contributed by atoms with Gasteiger partial charge in [-0.2, -0.15) is 26.3 Å². The second kappa shape index (κ2) is 8.70. The maximum Gasteiger partial charge on any atom is 0.416 e. The van der Waals surface area contributed by atoms with E-state index in [1.807, 2.05) is 0 Å². The highest BCUT2D eigenvalue weighted by molar-refractivity contribution is 5.95. The lowest BCUT2D eigenvalue weighted by Crippen LogP contribution is -2.48. The fourth-order valence-electron chi connectivity index (χ4n) is 4.11. The number of amides is 2. The molecule has 2 saturated heterocycles. The van der Waals surface area contributed by atoms with Gasteiger partial charge in [-0.1, -0.05) is 6.92 Å². The summed E-state index contributed by atoms with van der Waals surface area (Å²) in [6, 6.07) is 0.876. The van der Waals surface area contributed by atoms with Gasteiger partial charge in [-0.05, 0) is 49.8 Å². The van der Waals surface area contributed by atoms with E-state index in [4.69, 9.17) is 0 Å².